The third-order valence-corrected chi connectivity index (χ3v) is 2.30. The number of hydrogen-bond acceptors (Lipinski definition) is 3. The molecular formula is C10H11F2N3O3. The van der Waals surface area contributed by atoms with Gasteiger partial charge >= 0.3 is 11.7 Å². The van der Waals surface area contributed by atoms with Crippen molar-refractivity contribution < 1.29 is 18.5 Å². The average molecular weight is 259 g/mol. The molecule has 1 aromatic rings. The molecule has 0 unspecified atom stereocenters. The second kappa shape index (κ2) is 5.39. The molecule has 0 atom stereocenters. The van der Waals surface area contributed by atoms with Crippen LogP contribution in [0.15, 0.2) is 12.1 Å². The highest BCUT2D eigenvalue weighted by Gasteiger charge is 2.20. The average Bonchev–Trinajstić information content (AvgIpc) is 2.30. The lowest BCUT2D eigenvalue weighted by atomic mass is 10.2. The Kier molecular flexibility index (Phi) is 4.13. The van der Waals surface area contributed by atoms with Gasteiger partial charge in [-0.1, -0.05) is 0 Å². The maximum atomic E-state index is 13.3. The van der Waals surface area contributed by atoms with Crippen LogP contribution in [-0.2, 0) is 0 Å². The Hall–Kier alpha value is -2.25. The molecule has 0 heterocycles. The fourth-order valence-corrected chi connectivity index (χ4v) is 1.13. The van der Waals surface area contributed by atoms with Crippen LogP contribution in [0.4, 0.5) is 25.0 Å². The van der Waals surface area contributed by atoms with Crippen molar-refractivity contribution in [1.29, 1.82) is 0 Å². The Morgan fingerprint density at radius 1 is 1.44 bits per heavy atom. The van der Waals surface area contributed by atoms with Gasteiger partial charge in [0.2, 0.25) is 5.82 Å². The lowest BCUT2D eigenvalue weighted by Crippen LogP contribution is -2.31. The Bertz CT molecular complexity index is 494. The SMILES string of the molecule is CCN(C)C(=O)Nc1cc([N+](=O)[O-])c(F)cc1F. The number of anilines is 1. The van der Waals surface area contributed by atoms with Gasteiger partial charge in [-0.25, -0.2) is 9.18 Å². The highest BCUT2D eigenvalue weighted by atomic mass is 19.1. The predicted molar refractivity (Wildman–Crippen MR) is 60.3 cm³/mol. The van der Waals surface area contributed by atoms with Gasteiger partial charge in [0.25, 0.3) is 0 Å². The van der Waals surface area contributed by atoms with Gasteiger partial charge in [0.05, 0.1) is 10.6 Å². The molecule has 0 aromatic heterocycles. The minimum atomic E-state index is -1.29. The lowest BCUT2D eigenvalue weighted by molar-refractivity contribution is -0.387. The molecule has 0 aliphatic carbocycles. The van der Waals surface area contributed by atoms with Crippen molar-refractivity contribution in [2.24, 2.45) is 0 Å². The van der Waals surface area contributed by atoms with Crippen LogP contribution in [0.25, 0.3) is 0 Å². The second-order valence-corrected chi connectivity index (χ2v) is 3.48. The monoisotopic (exact) mass is 259 g/mol. The molecule has 0 radical (unpaired) electrons. The first-order valence-electron chi connectivity index (χ1n) is 5.02. The van der Waals surface area contributed by atoms with E-state index >= 15 is 0 Å². The molecule has 1 aromatic carbocycles. The zero-order valence-corrected chi connectivity index (χ0v) is 9.74. The fourth-order valence-electron chi connectivity index (χ4n) is 1.13. The molecule has 0 spiro atoms. The Labute approximate surface area is 101 Å². The van der Waals surface area contributed by atoms with Crippen molar-refractivity contribution in [3.8, 4) is 0 Å². The number of carbonyl (C=O) groups excluding carboxylic acids is 1. The predicted octanol–water partition coefficient (Wildman–Crippen LogP) is 2.36. The zero-order chi connectivity index (χ0) is 13.9. The molecule has 6 nitrogen and oxygen atoms in total. The summed E-state index contributed by atoms with van der Waals surface area (Å²) in [7, 11) is 1.46. The van der Waals surface area contributed by atoms with Gasteiger partial charge in [-0.2, -0.15) is 4.39 Å². The van der Waals surface area contributed by atoms with E-state index in [0.29, 0.717) is 18.7 Å². The standard InChI is InChI=1S/C10H11F2N3O3/c1-3-14(2)10(16)13-8-5-9(15(17)18)7(12)4-6(8)11/h4-5H,3H2,1-2H3,(H,13,16). The van der Waals surface area contributed by atoms with E-state index in [-0.39, 0.29) is 0 Å². The molecule has 98 valence electrons. The Morgan fingerprint density at radius 2 is 2.06 bits per heavy atom. The first-order chi connectivity index (χ1) is 8.36. The van der Waals surface area contributed by atoms with Gasteiger partial charge in [0.1, 0.15) is 5.82 Å². The van der Waals surface area contributed by atoms with Crippen LogP contribution in [0.5, 0.6) is 0 Å². The molecular weight excluding hydrogens is 248 g/mol. The van der Waals surface area contributed by atoms with E-state index in [4.69, 9.17) is 0 Å². The van der Waals surface area contributed by atoms with Crippen LogP contribution in [0, 0.1) is 21.7 Å². The van der Waals surface area contributed by atoms with Gasteiger partial charge in [0.15, 0.2) is 0 Å². The van der Waals surface area contributed by atoms with Crippen molar-refractivity contribution in [2.75, 3.05) is 18.9 Å². The minimum Gasteiger partial charge on any atom is -0.328 e. The van der Waals surface area contributed by atoms with Crippen LogP contribution >= 0.6 is 0 Å². The number of urea groups is 1. The number of carbonyl (C=O) groups is 1. The highest BCUT2D eigenvalue weighted by molar-refractivity contribution is 5.89. The molecule has 0 fully saturated rings. The highest BCUT2D eigenvalue weighted by Crippen LogP contribution is 2.25. The molecule has 18 heavy (non-hydrogen) atoms. The molecule has 0 saturated heterocycles. The molecule has 1 rings (SSSR count). The van der Waals surface area contributed by atoms with Gasteiger partial charge < -0.3 is 10.2 Å². The fraction of sp³-hybridized carbons (Fsp3) is 0.300. The second-order valence-electron chi connectivity index (χ2n) is 3.48. The third-order valence-electron chi connectivity index (χ3n) is 2.30. The normalized spacial score (nSPS) is 10.0. The molecule has 8 heteroatoms. The summed E-state index contributed by atoms with van der Waals surface area (Å²) < 4.78 is 26.4. The summed E-state index contributed by atoms with van der Waals surface area (Å²) in [6.45, 7) is 2.07. The quantitative estimate of drug-likeness (QED) is 0.668. The smallest absolute Gasteiger partial charge is 0.321 e. The number of nitro groups is 1. The van der Waals surface area contributed by atoms with Crippen LogP contribution in [0.3, 0.4) is 0 Å². The van der Waals surface area contributed by atoms with Crippen molar-refractivity contribution in [2.45, 2.75) is 6.92 Å². The van der Waals surface area contributed by atoms with Gasteiger partial charge in [0, 0.05) is 25.7 Å². The summed E-state index contributed by atoms with van der Waals surface area (Å²) in [4.78, 5) is 22.2. The number of rotatable bonds is 3. The van der Waals surface area contributed by atoms with Crippen LogP contribution in [0.2, 0.25) is 0 Å². The van der Waals surface area contributed by atoms with Gasteiger partial charge in [-0.15, -0.1) is 0 Å². The largest absolute Gasteiger partial charge is 0.328 e. The molecule has 0 saturated carbocycles. The van der Waals surface area contributed by atoms with Gasteiger partial charge in [-0.3, -0.25) is 10.1 Å². The van der Waals surface area contributed by atoms with E-state index in [9.17, 15) is 23.7 Å². The molecule has 1 N–H and O–H groups in total. The minimum absolute atomic E-state index is 0.361. The Balaban J connectivity index is 3.06. The summed E-state index contributed by atoms with van der Waals surface area (Å²) in [6.07, 6.45) is 0. The number of benzene rings is 1. The number of hydrogen-bond donors (Lipinski definition) is 1. The number of nitrogens with one attached hydrogen (secondary N) is 1. The third kappa shape index (κ3) is 2.90. The van der Waals surface area contributed by atoms with E-state index in [1.165, 1.54) is 11.9 Å². The summed E-state index contributed by atoms with van der Waals surface area (Å²) in [5.41, 5.74) is -1.33. The maximum absolute atomic E-state index is 13.3. The van der Waals surface area contributed by atoms with Crippen LogP contribution in [0.1, 0.15) is 6.92 Å². The molecule has 0 bridgehead atoms. The van der Waals surface area contributed by atoms with Crippen molar-refractivity contribution >= 4 is 17.4 Å². The van der Waals surface area contributed by atoms with E-state index in [2.05, 4.69) is 5.32 Å². The summed E-state index contributed by atoms with van der Waals surface area (Å²) in [5, 5.41) is 12.6. The van der Waals surface area contributed by atoms with E-state index in [1.807, 2.05) is 0 Å². The lowest BCUT2D eigenvalue weighted by Gasteiger charge is -2.15. The molecule has 2 amide bonds. The van der Waals surface area contributed by atoms with E-state index < -0.39 is 34.0 Å². The summed E-state index contributed by atoms with van der Waals surface area (Å²) in [6, 6.07) is 0.364. The number of halogens is 2. The first kappa shape index (κ1) is 13.8. The molecule has 0 aliphatic rings. The van der Waals surface area contributed by atoms with Crippen molar-refractivity contribution in [3.05, 3.63) is 33.9 Å². The Morgan fingerprint density at radius 3 is 2.56 bits per heavy atom. The zero-order valence-electron chi connectivity index (χ0n) is 9.74. The van der Waals surface area contributed by atoms with E-state index in [1.54, 1.807) is 6.92 Å². The number of nitrogens with zero attached hydrogens (tertiary/aromatic N) is 2. The number of amides is 2. The summed E-state index contributed by atoms with van der Waals surface area (Å²) >= 11 is 0. The maximum Gasteiger partial charge on any atom is 0.321 e. The van der Waals surface area contributed by atoms with Crippen LogP contribution in [-0.4, -0.2) is 29.4 Å². The van der Waals surface area contributed by atoms with E-state index in [0.717, 1.165) is 0 Å². The van der Waals surface area contributed by atoms with Crippen molar-refractivity contribution in [1.82, 2.24) is 4.90 Å². The van der Waals surface area contributed by atoms with Gasteiger partial charge in [-0.05, 0) is 6.92 Å². The van der Waals surface area contributed by atoms with Crippen LogP contribution < -0.4 is 5.32 Å². The number of nitro benzene ring substituents is 1. The first-order valence-corrected chi connectivity index (χ1v) is 5.02. The topological polar surface area (TPSA) is 75.5 Å². The molecule has 0 aliphatic heterocycles. The summed E-state index contributed by atoms with van der Waals surface area (Å²) in [5.74, 6) is -2.37. The van der Waals surface area contributed by atoms with Crippen molar-refractivity contribution in [3.63, 3.8) is 0 Å².